The minimum absolute atomic E-state index is 0.121. The van der Waals surface area contributed by atoms with Crippen LogP contribution in [0.2, 0.25) is 0 Å². The van der Waals surface area contributed by atoms with E-state index < -0.39 is 30.7 Å². The van der Waals surface area contributed by atoms with E-state index in [0.717, 1.165) is 5.56 Å². The Morgan fingerprint density at radius 3 is 2.50 bits per heavy atom. The van der Waals surface area contributed by atoms with Crippen LogP contribution in [0.4, 0.5) is 8.78 Å². The quantitative estimate of drug-likeness (QED) is 0.685. The van der Waals surface area contributed by atoms with Crippen LogP contribution in [0, 0.1) is 0 Å². The van der Waals surface area contributed by atoms with Crippen LogP contribution in [0.5, 0.6) is 0 Å². The first-order valence-corrected chi connectivity index (χ1v) is 8.16. The first kappa shape index (κ1) is 18.8. The average Bonchev–Trinajstić information content (AvgIpc) is 2.78. The summed E-state index contributed by atoms with van der Waals surface area (Å²) in [5, 5.41) is 22.8. The zero-order chi connectivity index (χ0) is 17.7. The highest BCUT2D eigenvalue weighted by molar-refractivity contribution is 5.76. The van der Waals surface area contributed by atoms with Crippen LogP contribution in [0.15, 0.2) is 30.3 Å². The van der Waals surface area contributed by atoms with Gasteiger partial charge in [-0.3, -0.25) is 9.69 Å². The number of amides is 1. The Hall–Kier alpha value is -1.57. The molecule has 0 bridgehead atoms. The third-order valence-electron chi connectivity index (χ3n) is 4.43. The molecule has 0 aliphatic carbocycles. The predicted octanol–water partition coefficient (Wildman–Crippen LogP) is 0.795. The van der Waals surface area contributed by atoms with Crippen molar-refractivity contribution < 1.29 is 23.8 Å². The average molecular weight is 342 g/mol. The van der Waals surface area contributed by atoms with Gasteiger partial charge in [0.2, 0.25) is 5.91 Å². The maximum Gasteiger partial charge on any atom is 0.256 e. The van der Waals surface area contributed by atoms with E-state index in [4.69, 9.17) is 0 Å². The molecule has 1 amide bonds. The highest BCUT2D eigenvalue weighted by Gasteiger charge is 2.51. The van der Waals surface area contributed by atoms with Crippen molar-refractivity contribution in [3.63, 3.8) is 0 Å². The fourth-order valence-corrected chi connectivity index (χ4v) is 3.25. The summed E-state index contributed by atoms with van der Waals surface area (Å²) < 4.78 is 26.8. The van der Waals surface area contributed by atoms with Crippen LogP contribution in [-0.2, 0) is 11.2 Å². The number of aliphatic hydroxyl groups is 2. The molecule has 24 heavy (non-hydrogen) atoms. The Morgan fingerprint density at radius 1 is 1.25 bits per heavy atom. The number of likely N-dealkylation sites (tertiary alicyclic amines) is 1. The van der Waals surface area contributed by atoms with Crippen molar-refractivity contribution >= 4 is 5.91 Å². The molecular formula is C17H24F2N2O3. The van der Waals surface area contributed by atoms with Gasteiger partial charge in [0.1, 0.15) is 6.10 Å². The van der Waals surface area contributed by atoms with Gasteiger partial charge in [-0.05, 0) is 18.9 Å². The van der Waals surface area contributed by atoms with Gasteiger partial charge in [-0.2, -0.15) is 0 Å². The molecule has 0 saturated carbocycles. The Labute approximate surface area is 140 Å². The molecule has 1 aromatic rings. The molecule has 3 N–H and O–H groups in total. The molecule has 134 valence electrons. The van der Waals surface area contributed by atoms with Crippen molar-refractivity contribution in [1.29, 1.82) is 0 Å². The first-order valence-electron chi connectivity index (χ1n) is 8.16. The molecule has 0 aromatic heterocycles. The SMILES string of the molecule is CCNC(=O)CC1[C@@H](O)[C@H](O)[C@@H](C(F)F)N1CCc1ccccc1. The fraction of sp³-hybridized carbons (Fsp3) is 0.588. The van der Waals surface area contributed by atoms with Crippen molar-refractivity contribution in [2.75, 3.05) is 13.1 Å². The summed E-state index contributed by atoms with van der Waals surface area (Å²) in [7, 11) is 0. The summed E-state index contributed by atoms with van der Waals surface area (Å²) in [6.45, 7) is 2.41. The van der Waals surface area contributed by atoms with Crippen molar-refractivity contribution in [3.05, 3.63) is 35.9 Å². The van der Waals surface area contributed by atoms with Crippen LogP contribution in [0.25, 0.3) is 0 Å². The number of benzene rings is 1. The maximum absolute atomic E-state index is 13.4. The minimum Gasteiger partial charge on any atom is -0.389 e. The second-order valence-electron chi connectivity index (χ2n) is 6.00. The molecule has 1 aromatic carbocycles. The van der Waals surface area contributed by atoms with Crippen LogP contribution < -0.4 is 5.32 Å². The van der Waals surface area contributed by atoms with Crippen LogP contribution in [0.1, 0.15) is 18.9 Å². The lowest BCUT2D eigenvalue weighted by atomic mass is 10.1. The molecule has 4 atom stereocenters. The zero-order valence-electron chi connectivity index (χ0n) is 13.6. The van der Waals surface area contributed by atoms with E-state index in [0.29, 0.717) is 13.0 Å². The smallest absolute Gasteiger partial charge is 0.256 e. The lowest BCUT2D eigenvalue weighted by Gasteiger charge is -2.29. The van der Waals surface area contributed by atoms with Gasteiger partial charge in [0.15, 0.2) is 0 Å². The van der Waals surface area contributed by atoms with Crippen molar-refractivity contribution in [2.24, 2.45) is 0 Å². The Balaban J connectivity index is 2.13. The molecule has 1 heterocycles. The molecule has 1 saturated heterocycles. The van der Waals surface area contributed by atoms with Crippen molar-refractivity contribution in [1.82, 2.24) is 10.2 Å². The highest BCUT2D eigenvalue weighted by atomic mass is 19.3. The van der Waals surface area contributed by atoms with E-state index in [1.54, 1.807) is 6.92 Å². The summed E-state index contributed by atoms with van der Waals surface area (Å²) in [5.41, 5.74) is 0.971. The number of alkyl halides is 2. The van der Waals surface area contributed by atoms with Gasteiger partial charge in [-0.1, -0.05) is 30.3 Å². The van der Waals surface area contributed by atoms with Gasteiger partial charge < -0.3 is 15.5 Å². The molecule has 1 fully saturated rings. The maximum atomic E-state index is 13.4. The Bertz CT molecular complexity index is 530. The van der Waals surface area contributed by atoms with E-state index in [2.05, 4.69) is 5.32 Å². The van der Waals surface area contributed by atoms with E-state index in [1.807, 2.05) is 30.3 Å². The van der Waals surface area contributed by atoms with Gasteiger partial charge >= 0.3 is 0 Å². The third kappa shape index (κ3) is 4.28. The summed E-state index contributed by atoms with van der Waals surface area (Å²) in [5.74, 6) is -0.326. The van der Waals surface area contributed by atoms with Gasteiger partial charge in [-0.15, -0.1) is 0 Å². The van der Waals surface area contributed by atoms with Crippen molar-refractivity contribution in [2.45, 2.75) is 50.5 Å². The predicted molar refractivity (Wildman–Crippen MR) is 85.7 cm³/mol. The first-order chi connectivity index (χ1) is 11.5. The van der Waals surface area contributed by atoms with Gasteiger partial charge in [0, 0.05) is 25.6 Å². The number of carbonyl (C=O) groups excluding carboxylic acids is 1. The Kier molecular flexibility index (Phi) is 6.65. The second-order valence-corrected chi connectivity index (χ2v) is 6.00. The standard InChI is InChI=1S/C17H24F2N2O3/c1-2-20-13(22)10-12-15(23)16(24)14(17(18)19)21(12)9-8-11-6-4-3-5-7-11/h3-7,12,14-17,23-24H,2,8-10H2,1H3,(H,20,22)/t12?,14-,15+,16+/m0/s1. The number of rotatable bonds is 7. The summed E-state index contributed by atoms with van der Waals surface area (Å²) >= 11 is 0. The monoisotopic (exact) mass is 342 g/mol. The summed E-state index contributed by atoms with van der Waals surface area (Å²) in [6, 6.07) is 7.07. The van der Waals surface area contributed by atoms with E-state index in [1.165, 1.54) is 4.90 Å². The lowest BCUT2D eigenvalue weighted by Crippen LogP contribution is -2.46. The van der Waals surface area contributed by atoms with Gasteiger partial charge in [-0.25, -0.2) is 8.78 Å². The second kappa shape index (κ2) is 8.50. The van der Waals surface area contributed by atoms with Crippen LogP contribution in [-0.4, -0.2) is 64.8 Å². The molecule has 1 unspecified atom stereocenters. The largest absolute Gasteiger partial charge is 0.389 e. The molecule has 1 aliphatic rings. The van der Waals surface area contributed by atoms with E-state index >= 15 is 0 Å². The fourth-order valence-electron chi connectivity index (χ4n) is 3.25. The summed E-state index contributed by atoms with van der Waals surface area (Å²) in [4.78, 5) is 13.2. The Morgan fingerprint density at radius 2 is 1.92 bits per heavy atom. The van der Waals surface area contributed by atoms with Gasteiger partial charge in [0.25, 0.3) is 6.43 Å². The third-order valence-corrected chi connectivity index (χ3v) is 4.43. The highest BCUT2D eigenvalue weighted by Crippen LogP contribution is 2.31. The molecule has 5 nitrogen and oxygen atoms in total. The van der Waals surface area contributed by atoms with E-state index in [9.17, 15) is 23.8 Å². The van der Waals surface area contributed by atoms with Crippen LogP contribution >= 0.6 is 0 Å². The number of halogens is 2. The molecule has 1 aliphatic heterocycles. The topological polar surface area (TPSA) is 72.8 Å². The van der Waals surface area contributed by atoms with Gasteiger partial charge in [0.05, 0.1) is 12.1 Å². The number of nitrogens with one attached hydrogen (secondary N) is 1. The molecular weight excluding hydrogens is 318 g/mol. The molecule has 7 heteroatoms. The zero-order valence-corrected chi connectivity index (χ0v) is 13.6. The molecule has 0 spiro atoms. The number of hydrogen-bond donors (Lipinski definition) is 3. The number of carbonyl (C=O) groups is 1. The number of hydrogen-bond acceptors (Lipinski definition) is 4. The number of aliphatic hydroxyl groups excluding tert-OH is 2. The van der Waals surface area contributed by atoms with Crippen molar-refractivity contribution in [3.8, 4) is 0 Å². The number of nitrogens with zero attached hydrogens (tertiary/aromatic N) is 1. The minimum atomic E-state index is -2.80. The lowest BCUT2D eigenvalue weighted by molar-refractivity contribution is -0.123. The molecule has 2 rings (SSSR count). The normalized spacial score (nSPS) is 27.6. The molecule has 0 radical (unpaired) electrons. The van der Waals surface area contributed by atoms with Crippen LogP contribution in [0.3, 0.4) is 0 Å². The summed E-state index contributed by atoms with van der Waals surface area (Å²) in [6.07, 6.45) is -5.37. The van der Waals surface area contributed by atoms with E-state index in [-0.39, 0.29) is 18.9 Å².